The molecule has 2 aromatic rings. The van der Waals surface area contributed by atoms with E-state index in [1.807, 2.05) is 36.4 Å². The van der Waals surface area contributed by atoms with Gasteiger partial charge >= 0.3 is 0 Å². The fourth-order valence-corrected chi connectivity index (χ4v) is 3.95. The molecule has 1 aliphatic heterocycles. The fraction of sp³-hybridized carbons (Fsp3) is 0.458. The van der Waals surface area contributed by atoms with Crippen molar-refractivity contribution < 1.29 is 9.53 Å². The zero-order valence-electron chi connectivity index (χ0n) is 17.3. The number of likely N-dealkylation sites (tertiary alicyclic amines) is 1. The van der Waals surface area contributed by atoms with Crippen molar-refractivity contribution >= 4 is 5.91 Å². The number of hydrogen-bond donors (Lipinski definition) is 1. The molecule has 4 nitrogen and oxygen atoms in total. The highest BCUT2D eigenvalue weighted by Crippen LogP contribution is 2.21. The molecule has 0 saturated carbocycles. The maximum Gasteiger partial charge on any atom is 0.251 e. The highest BCUT2D eigenvalue weighted by Gasteiger charge is 2.17. The number of ether oxygens (including phenoxy) is 1. The van der Waals surface area contributed by atoms with E-state index in [1.54, 1.807) is 7.11 Å². The minimum atomic E-state index is -0.0270. The number of methoxy groups -OCH3 is 1. The zero-order valence-corrected chi connectivity index (χ0v) is 17.3. The van der Waals surface area contributed by atoms with Gasteiger partial charge in [0.05, 0.1) is 13.2 Å². The van der Waals surface area contributed by atoms with Crippen molar-refractivity contribution in [3.63, 3.8) is 0 Å². The molecule has 0 bridgehead atoms. The van der Waals surface area contributed by atoms with E-state index in [0.717, 1.165) is 30.2 Å². The lowest BCUT2D eigenvalue weighted by molar-refractivity contribution is 0.0935. The van der Waals surface area contributed by atoms with Gasteiger partial charge in [-0.1, -0.05) is 38.1 Å². The summed E-state index contributed by atoms with van der Waals surface area (Å²) in [5, 5.41) is 3.15. The van der Waals surface area contributed by atoms with Crippen LogP contribution in [-0.2, 0) is 6.54 Å². The van der Waals surface area contributed by atoms with Crippen molar-refractivity contribution in [1.29, 1.82) is 0 Å². The normalized spacial score (nSPS) is 18.5. The first kappa shape index (κ1) is 20.4. The van der Waals surface area contributed by atoms with E-state index < -0.39 is 0 Å². The van der Waals surface area contributed by atoms with Crippen molar-refractivity contribution in [3.05, 3.63) is 65.2 Å². The van der Waals surface area contributed by atoms with Crippen LogP contribution in [0.25, 0.3) is 0 Å². The lowest BCUT2D eigenvalue weighted by Crippen LogP contribution is -2.33. The van der Waals surface area contributed by atoms with Crippen molar-refractivity contribution in [2.45, 2.75) is 45.7 Å². The molecule has 0 radical (unpaired) electrons. The number of nitrogens with zero attached hydrogens (tertiary/aromatic N) is 1. The van der Waals surface area contributed by atoms with Gasteiger partial charge in [-0.25, -0.2) is 0 Å². The zero-order chi connectivity index (χ0) is 19.9. The van der Waals surface area contributed by atoms with E-state index in [1.165, 1.54) is 31.5 Å². The highest BCUT2D eigenvalue weighted by atomic mass is 16.5. The predicted octanol–water partition coefficient (Wildman–Crippen LogP) is 4.81. The molecule has 1 heterocycles. The van der Waals surface area contributed by atoms with E-state index in [0.29, 0.717) is 5.56 Å². The lowest BCUT2D eigenvalue weighted by Gasteiger charge is -2.30. The molecule has 3 rings (SSSR count). The Balaban J connectivity index is 1.59. The summed E-state index contributed by atoms with van der Waals surface area (Å²) < 4.78 is 5.21. The molecule has 0 unspecified atom stereocenters. The summed E-state index contributed by atoms with van der Waals surface area (Å²) in [6.07, 6.45) is 3.46. The van der Waals surface area contributed by atoms with Crippen LogP contribution >= 0.6 is 0 Å². The fourth-order valence-electron chi connectivity index (χ4n) is 3.95. The Hall–Kier alpha value is -2.33. The Kier molecular flexibility index (Phi) is 7.10. The second-order valence-corrected chi connectivity index (χ2v) is 7.89. The molecule has 2 aromatic carbocycles. The van der Waals surface area contributed by atoms with E-state index >= 15 is 0 Å². The number of rotatable bonds is 7. The molecule has 150 valence electrons. The van der Waals surface area contributed by atoms with E-state index in [9.17, 15) is 4.79 Å². The monoisotopic (exact) mass is 380 g/mol. The van der Waals surface area contributed by atoms with Crippen LogP contribution in [0.4, 0.5) is 0 Å². The van der Waals surface area contributed by atoms with Gasteiger partial charge in [-0.3, -0.25) is 9.69 Å². The van der Waals surface area contributed by atoms with Crippen molar-refractivity contribution in [3.8, 4) is 5.75 Å². The summed E-state index contributed by atoms with van der Waals surface area (Å²) in [5.74, 6) is 1.58. The minimum Gasteiger partial charge on any atom is -0.497 e. The molecule has 1 aliphatic rings. The van der Waals surface area contributed by atoms with E-state index in [-0.39, 0.29) is 11.9 Å². The minimum absolute atomic E-state index is 0.00656. The predicted molar refractivity (Wildman–Crippen MR) is 114 cm³/mol. The van der Waals surface area contributed by atoms with Crippen LogP contribution in [0, 0.1) is 5.92 Å². The molecular weight excluding hydrogens is 348 g/mol. The number of hydrogen-bond acceptors (Lipinski definition) is 3. The molecule has 1 N–H and O–H groups in total. The van der Waals surface area contributed by atoms with Crippen LogP contribution in [-0.4, -0.2) is 31.0 Å². The van der Waals surface area contributed by atoms with Gasteiger partial charge in [0, 0.05) is 18.7 Å². The van der Waals surface area contributed by atoms with Gasteiger partial charge in [0.25, 0.3) is 5.91 Å². The van der Waals surface area contributed by atoms with Gasteiger partial charge in [0.1, 0.15) is 5.75 Å². The van der Waals surface area contributed by atoms with Gasteiger partial charge in [0.2, 0.25) is 0 Å². The van der Waals surface area contributed by atoms with Gasteiger partial charge in [-0.2, -0.15) is 0 Å². The molecule has 0 spiro atoms. The summed E-state index contributed by atoms with van der Waals surface area (Å²) in [6, 6.07) is 15.9. The number of nitrogens with one attached hydrogen (secondary N) is 1. The third-order valence-corrected chi connectivity index (χ3v) is 5.60. The summed E-state index contributed by atoms with van der Waals surface area (Å²) >= 11 is 0. The molecule has 4 heteroatoms. The maximum absolute atomic E-state index is 12.7. The van der Waals surface area contributed by atoms with Crippen molar-refractivity contribution in [2.24, 2.45) is 5.92 Å². The quantitative estimate of drug-likeness (QED) is 0.750. The lowest BCUT2D eigenvalue weighted by atomic mass is 9.99. The molecule has 2 atom stereocenters. The van der Waals surface area contributed by atoms with Crippen LogP contribution in [0.5, 0.6) is 5.75 Å². The smallest absolute Gasteiger partial charge is 0.251 e. The van der Waals surface area contributed by atoms with Crippen LogP contribution in [0.3, 0.4) is 0 Å². The summed E-state index contributed by atoms with van der Waals surface area (Å²) in [5.41, 5.74) is 3.07. The third-order valence-electron chi connectivity index (χ3n) is 5.60. The number of carbonyl (C=O) groups is 1. The summed E-state index contributed by atoms with van der Waals surface area (Å²) in [4.78, 5) is 15.2. The average Bonchev–Trinajstić information content (AvgIpc) is 2.72. The first-order valence-electron chi connectivity index (χ1n) is 10.3. The van der Waals surface area contributed by atoms with Crippen molar-refractivity contribution in [2.75, 3.05) is 20.2 Å². The topological polar surface area (TPSA) is 41.6 Å². The molecule has 0 aliphatic carbocycles. The standard InChI is InChI=1S/C24H32N2O2/c1-4-23(20-11-13-22(28-3)14-12-20)25-24(27)21-9-7-19(8-10-21)17-26-15-5-6-18(2)16-26/h7-14,18,23H,4-6,15-17H2,1-3H3,(H,25,27)/t18-,23+/m1/s1. The summed E-state index contributed by atoms with van der Waals surface area (Å²) in [7, 11) is 1.66. The second-order valence-electron chi connectivity index (χ2n) is 7.89. The first-order valence-corrected chi connectivity index (χ1v) is 10.3. The van der Waals surface area contributed by atoms with Gasteiger partial charge in [0.15, 0.2) is 0 Å². The molecule has 28 heavy (non-hydrogen) atoms. The Morgan fingerprint density at radius 3 is 2.50 bits per heavy atom. The van der Waals surface area contributed by atoms with Crippen molar-refractivity contribution in [1.82, 2.24) is 10.2 Å². The van der Waals surface area contributed by atoms with Gasteiger partial charge in [-0.05, 0) is 67.1 Å². The largest absolute Gasteiger partial charge is 0.497 e. The van der Waals surface area contributed by atoms with Crippen LogP contribution < -0.4 is 10.1 Å². The number of carbonyl (C=O) groups excluding carboxylic acids is 1. The molecular formula is C24H32N2O2. The number of benzene rings is 2. The Labute approximate surface area is 168 Å². The Bertz CT molecular complexity index is 755. The summed E-state index contributed by atoms with van der Waals surface area (Å²) in [6.45, 7) is 7.72. The van der Waals surface area contributed by atoms with Crippen LogP contribution in [0.2, 0.25) is 0 Å². The van der Waals surface area contributed by atoms with E-state index in [4.69, 9.17) is 4.74 Å². The number of amides is 1. The van der Waals surface area contributed by atoms with Crippen LogP contribution in [0.15, 0.2) is 48.5 Å². The van der Waals surface area contributed by atoms with E-state index in [2.05, 4.69) is 36.2 Å². The number of piperidine rings is 1. The van der Waals surface area contributed by atoms with Gasteiger partial charge in [-0.15, -0.1) is 0 Å². The Morgan fingerprint density at radius 2 is 1.89 bits per heavy atom. The maximum atomic E-state index is 12.7. The third kappa shape index (κ3) is 5.35. The second kappa shape index (κ2) is 9.74. The highest BCUT2D eigenvalue weighted by molar-refractivity contribution is 5.94. The molecule has 0 aromatic heterocycles. The molecule has 1 saturated heterocycles. The van der Waals surface area contributed by atoms with Crippen LogP contribution in [0.1, 0.15) is 60.6 Å². The molecule has 1 amide bonds. The SMILES string of the molecule is CC[C@H](NC(=O)c1ccc(CN2CCC[C@@H](C)C2)cc1)c1ccc(OC)cc1. The first-order chi connectivity index (χ1) is 13.6. The molecule has 1 fully saturated rings. The Morgan fingerprint density at radius 1 is 1.18 bits per heavy atom. The average molecular weight is 381 g/mol. The van der Waals surface area contributed by atoms with Gasteiger partial charge < -0.3 is 10.1 Å².